The van der Waals surface area contributed by atoms with Crippen LogP contribution in [0.5, 0.6) is 5.75 Å². The Morgan fingerprint density at radius 2 is 1.89 bits per heavy atom. The maximum atomic E-state index is 12.1. The lowest BCUT2D eigenvalue weighted by Gasteiger charge is -2.13. The second-order valence-corrected chi connectivity index (χ2v) is 6.43. The molecule has 0 spiro atoms. The number of rotatable bonds is 7. The number of esters is 1. The molecule has 0 bridgehead atoms. The van der Waals surface area contributed by atoms with Crippen LogP contribution in [0.25, 0.3) is 6.08 Å². The van der Waals surface area contributed by atoms with Crippen LogP contribution in [0.15, 0.2) is 48.5 Å². The highest BCUT2D eigenvalue weighted by Crippen LogP contribution is 2.23. The minimum atomic E-state index is -0.939. The van der Waals surface area contributed by atoms with Gasteiger partial charge in [-0.05, 0) is 36.8 Å². The Morgan fingerprint density at radius 3 is 2.59 bits per heavy atom. The molecule has 0 aliphatic heterocycles. The summed E-state index contributed by atoms with van der Waals surface area (Å²) in [4.78, 5) is 24.0. The van der Waals surface area contributed by atoms with Crippen LogP contribution < -0.4 is 10.1 Å². The van der Waals surface area contributed by atoms with Gasteiger partial charge in [0.05, 0.1) is 17.2 Å². The van der Waals surface area contributed by atoms with Gasteiger partial charge in [0.2, 0.25) is 0 Å². The van der Waals surface area contributed by atoms with Gasteiger partial charge in [-0.2, -0.15) is 0 Å². The number of hydrogen-bond donors (Lipinski definition) is 1. The van der Waals surface area contributed by atoms with Gasteiger partial charge in [0.15, 0.2) is 6.10 Å². The molecule has 5 nitrogen and oxygen atoms in total. The van der Waals surface area contributed by atoms with E-state index in [2.05, 4.69) is 5.32 Å². The summed E-state index contributed by atoms with van der Waals surface area (Å²) in [6.45, 7) is 1.77. The van der Waals surface area contributed by atoms with Gasteiger partial charge >= 0.3 is 5.97 Å². The molecule has 0 aliphatic rings. The number of methoxy groups -OCH3 is 1. The topological polar surface area (TPSA) is 64.6 Å². The van der Waals surface area contributed by atoms with Crippen LogP contribution in [0.4, 0.5) is 0 Å². The quantitative estimate of drug-likeness (QED) is 0.549. The highest BCUT2D eigenvalue weighted by atomic mass is 35.5. The first-order chi connectivity index (χ1) is 12.9. The van der Waals surface area contributed by atoms with E-state index >= 15 is 0 Å². The van der Waals surface area contributed by atoms with Gasteiger partial charge in [0.25, 0.3) is 5.91 Å². The molecule has 2 aromatic carbocycles. The smallest absolute Gasteiger partial charge is 0.331 e. The second kappa shape index (κ2) is 10.00. The van der Waals surface area contributed by atoms with E-state index in [0.29, 0.717) is 21.4 Å². The van der Waals surface area contributed by atoms with Crippen LogP contribution in [0.3, 0.4) is 0 Å². The van der Waals surface area contributed by atoms with Crippen molar-refractivity contribution in [3.05, 3.63) is 69.7 Å². The molecule has 1 N–H and O–H groups in total. The Hall–Kier alpha value is -2.50. The monoisotopic (exact) mass is 407 g/mol. The second-order valence-electron chi connectivity index (χ2n) is 5.62. The molecule has 0 saturated carbocycles. The average molecular weight is 408 g/mol. The fourth-order valence-corrected chi connectivity index (χ4v) is 2.53. The van der Waals surface area contributed by atoms with Gasteiger partial charge in [0, 0.05) is 18.2 Å². The fourth-order valence-electron chi connectivity index (χ4n) is 2.22. The molecule has 2 aromatic rings. The Bertz CT molecular complexity index is 852. The normalized spacial score (nSPS) is 11.9. The molecule has 7 heteroatoms. The van der Waals surface area contributed by atoms with Crippen molar-refractivity contribution in [3.63, 3.8) is 0 Å². The van der Waals surface area contributed by atoms with E-state index < -0.39 is 18.0 Å². The van der Waals surface area contributed by atoms with Crippen molar-refractivity contribution in [1.82, 2.24) is 5.32 Å². The summed E-state index contributed by atoms with van der Waals surface area (Å²) in [6, 6.07) is 12.3. The largest absolute Gasteiger partial charge is 0.496 e. The molecule has 1 atom stereocenters. The Labute approximate surface area is 167 Å². The lowest BCUT2D eigenvalue weighted by atomic mass is 10.2. The first-order valence-electron chi connectivity index (χ1n) is 8.14. The van der Waals surface area contributed by atoms with Crippen LogP contribution in [-0.4, -0.2) is 25.1 Å². The van der Waals surface area contributed by atoms with Crippen LogP contribution >= 0.6 is 23.2 Å². The zero-order chi connectivity index (χ0) is 19.8. The summed E-state index contributed by atoms with van der Waals surface area (Å²) < 4.78 is 10.3. The third-order valence-corrected chi connectivity index (χ3v) is 4.40. The SMILES string of the molecule is COc1ccccc1CNC(=O)[C@@H](C)OC(=O)/C=C/c1ccc(Cl)c(Cl)c1. The van der Waals surface area contributed by atoms with Crippen LogP contribution in [0, 0.1) is 0 Å². The molecule has 0 saturated heterocycles. The van der Waals surface area contributed by atoms with Crippen molar-refractivity contribution in [2.24, 2.45) is 0 Å². The molecule has 1 amide bonds. The molecule has 0 aromatic heterocycles. The summed E-state index contributed by atoms with van der Waals surface area (Å²) in [5, 5.41) is 3.53. The van der Waals surface area contributed by atoms with Gasteiger partial charge in [-0.3, -0.25) is 4.79 Å². The number of carbonyl (C=O) groups is 2. The number of amides is 1. The first kappa shape index (κ1) is 20.8. The van der Waals surface area contributed by atoms with Crippen molar-refractivity contribution in [2.75, 3.05) is 7.11 Å². The number of para-hydroxylation sites is 1. The third kappa shape index (κ3) is 6.31. The molecular formula is C20H19Cl2NO4. The van der Waals surface area contributed by atoms with Gasteiger partial charge < -0.3 is 14.8 Å². The summed E-state index contributed by atoms with van der Waals surface area (Å²) in [7, 11) is 1.56. The van der Waals surface area contributed by atoms with Crippen molar-refractivity contribution in [3.8, 4) is 5.75 Å². The number of carbonyl (C=O) groups excluding carboxylic acids is 2. The van der Waals surface area contributed by atoms with Gasteiger partial charge in [0.1, 0.15) is 5.75 Å². The Kier molecular flexibility index (Phi) is 7.70. The number of halogens is 2. The summed E-state index contributed by atoms with van der Waals surface area (Å²) in [5.41, 5.74) is 1.51. The number of ether oxygens (including phenoxy) is 2. The first-order valence-corrected chi connectivity index (χ1v) is 8.89. The minimum absolute atomic E-state index is 0.268. The highest BCUT2D eigenvalue weighted by Gasteiger charge is 2.16. The van der Waals surface area contributed by atoms with Gasteiger partial charge in [-0.1, -0.05) is 47.5 Å². The Balaban J connectivity index is 1.86. The van der Waals surface area contributed by atoms with E-state index in [1.54, 1.807) is 31.4 Å². The van der Waals surface area contributed by atoms with E-state index in [1.807, 2.05) is 18.2 Å². The maximum Gasteiger partial charge on any atom is 0.331 e. The molecule has 27 heavy (non-hydrogen) atoms. The van der Waals surface area contributed by atoms with Crippen molar-refractivity contribution in [1.29, 1.82) is 0 Å². The van der Waals surface area contributed by atoms with E-state index in [4.69, 9.17) is 32.7 Å². The minimum Gasteiger partial charge on any atom is -0.496 e. The van der Waals surface area contributed by atoms with E-state index in [-0.39, 0.29) is 6.54 Å². The zero-order valence-electron chi connectivity index (χ0n) is 14.9. The predicted molar refractivity (Wildman–Crippen MR) is 106 cm³/mol. The summed E-state index contributed by atoms with van der Waals surface area (Å²) in [6.07, 6.45) is 1.82. The van der Waals surface area contributed by atoms with E-state index in [9.17, 15) is 9.59 Å². The van der Waals surface area contributed by atoms with Crippen LogP contribution in [0.2, 0.25) is 10.0 Å². The van der Waals surface area contributed by atoms with Crippen molar-refractivity contribution >= 4 is 41.2 Å². The third-order valence-electron chi connectivity index (χ3n) is 3.66. The fraction of sp³-hybridized carbons (Fsp3) is 0.200. The number of nitrogens with one attached hydrogen (secondary N) is 1. The lowest BCUT2D eigenvalue weighted by molar-refractivity contribution is -0.150. The Morgan fingerprint density at radius 1 is 1.15 bits per heavy atom. The van der Waals surface area contributed by atoms with E-state index in [0.717, 1.165) is 5.56 Å². The van der Waals surface area contributed by atoms with Crippen LogP contribution in [0.1, 0.15) is 18.1 Å². The molecule has 0 fully saturated rings. The molecule has 142 valence electrons. The summed E-state index contributed by atoms with van der Waals surface area (Å²) >= 11 is 11.8. The van der Waals surface area contributed by atoms with E-state index in [1.165, 1.54) is 19.1 Å². The van der Waals surface area contributed by atoms with Gasteiger partial charge in [-0.15, -0.1) is 0 Å². The average Bonchev–Trinajstić information content (AvgIpc) is 2.67. The molecular weight excluding hydrogens is 389 g/mol. The van der Waals surface area contributed by atoms with Crippen LogP contribution in [-0.2, 0) is 20.9 Å². The number of benzene rings is 2. The lowest BCUT2D eigenvalue weighted by Crippen LogP contribution is -2.35. The van der Waals surface area contributed by atoms with Crippen molar-refractivity contribution < 1.29 is 19.1 Å². The number of hydrogen-bond acceptors (Lipinski definition) is 4. The molecule has 0 heterocycles. The molecule has 0 unspecified atom stereocenters. The summed E-state index contributed by atoms with van der Waals surface area (Å²) in [5.74, 6) is -0.370. The molecule has 2 rings (SSSR count). The van der Waals surface area contributed by atoms with Gasteiger partial charge in [-0.25, -0.2) is 4.79 Å². The predicted octanol–water partition coefficient (Wildman–Crippen LogP) is 4.26. The molecule has 0 aliphatic carbocycles. The zero-order valence-corrected chi connectivity index (χ0v) is 16.4. The highest BCUT2D eigenvalue weighted by molar-refractivity contribution is 6.42. The standard InChI is InChI=1S/C20H19Cl2NO4/c1-13(20(25)23-12-15-5-3-4-6-18(15)26-2)27-19(24)10-8-14-7-9-16(21)17(22)11-14/h3-11,13H,12H2,1-2H3,(H,23,25)/b10-8+/t13-/m1/s1. The maximum absolute atomic E-state index is 12.1. The van der Waals surface area contributed by atoms with Crippen molar-refractivity contribution in [2.45, 2.75) is 19.6 Å². The molecule has 0 radical (unpaired) electrons.